The second-order valence-electron chi connectivity index (χ2n) is 8.10. The molecule has 11 nitrogen and oxygen atoms in total. The molecule has 4 rings (SSSR count). The van der Waals surface area contributed by atoms with Crippen LogP contribution in [0.1, 0.15) is 21.7 Å². The molecule has 1 aromatic heterocycles. The first-order chi connectivity index (χ1) is 15.4. The van der Waals surface area contributed by atoms with E-state index in [9.17, 15) is 14.9 Å². The molecular formula is C21H24N8O3. The van der Waals surface area contributed by atoms with Gasteiger partial charge in [-0.2, -0.15) is 5.10 Å². The normalized spacial score (nSPS) is 19.9. The molecule has 2 aromatic rings. The molecule has 0 aliphatic carbocycles. The van der Waals surface area contributed by atoms with Gasteiger partial charge in [0.1, 0.15) is 5.56 Å². The van der Waals surface area contributed by atoms with E-state index in [0.717, 1.165) is 30.7 Å². The average molecular weight is 436 g/mol. The molecule has 2 aliphatic heterocycles. The van der Waals surface area contributed by atoms with Crippen LogP contribution < -0.4 is 10.3 Å². The molecule has 3 heterocycles. The molecule has 2 fully saturated rings. The van der Waals surface area contributed by atoms with Crippen LogP contribution in [0, 0.1) is 41.2 Å². The summed E-state index contributed by atoms with van der Waals surface area (Å²) < 4.78 is 0. The first kappa shape index (κ1) is 21.3. The third-order valence-electron chi connectivity index (χ3n) is 5.81. The van der Waals surface area contributed by atoms with Gasteiger partial charge in [0.2, 0.25) is 5.95 Å². The molecule has 0 spiro atoms. The standard InChI is InChI=1S/C21H24N8O3/c1-13-8-14(2)25-21(24-13)28-11-15-9-27(10-16(15)12-28)20(30)19-17(26-23-7-6-22)4-3-5-18(19)29(31)32/h3-8,15-16,22,26H,9-12H2,1-2H3/b22-6?,23-7-. The van der Waals surface area contributed by atoms with E-state index in [1.54, 1.807) is 11.0 Å². The summed E-state index contributed by atoms with van der Waals surface area (Å²) in [5, 5.41) is 22.4. The molecule has 0 saturated carbocycles. The smallest absolute Gasteiger partial charge is 0.284 e. The van der Waals surface area contributed by atoms with Gasteiger partial charge in [0.15, 0.2) is 0 Å². The van der Waals surface area contributed by atoms with Crippen LogP contribution in [0.15, 0.2) is 29.4 Å². The van der Waals surface area contributed by atoms with Crippen molar-refractivity contribution in [3.8, 4) is 0 Å². The fourth-order valence-corrected chi connectivity index (χ4v) is 4.48. The molecule has 0 bridgehead atoms. The van der Waals surface area contributed by atoms with E-state index >= 15 is 0 Å². The molecular weight excluding hydrogens is 412 g/mol. The van der Waals surface area contributed by atoms with Gasteiger partial charge in [-0.25, -0.2) is 9.97 Å². The van der Waals surface area contributed by atoms with Crippen molar-refractivity contribution in [1.82, 2.24) is 14.9 Å². The van der Waals surface area contributed by atoms with E-state index in [-0.39, 0.29) is 28.8 Å². The number of anilines is 2. The third-order valence-corrected chi connectivity index (χ3v) is 5.81. The van der Waals surface area contributed by atoms with E-state index < -0.39 is 10.8 Å². The van der Waals surface area contributed by atoms with Crippen molar-refractivity contribution in [3.05, 3.63) is 51.3 Å². The zero-order valence-corrected chi connectivity index (χ0v) is 17.9. The number of carbonyl (C=O) groups is 1. The zero-order chi connectivity index (χ0) is 22.8. The quantitative estimate of drug-likeness (QED) is 0.402. The van der Waals surface area contributed by atoms with Gasteiger partial charge < -0.3 is 15.2 Å². The number of benzene rings is 1. The number of hydrogen-bond donors (Lipinski definition) is 2. The van der Waals surface area contributed by atoms with Gasteiger partial charge in [0, 0.05) is 61.7 Å². The number of nitrogens with zero attached hydrogens (tertiary/aromatic N) is 6. The molecule has 1 aromatic carbocycles. The van der Waals surface area contributed by atoms with Crippen LogP contribution in [-0.4, -0.2) is 64.3 Å². The van der Waals surface area contributed by atoms with E-state index in [0.29, 0.717) is 19.0 Å². The number of hydrogen-bond acceptors (Lipinski definition) is 9. The summed E-state index contributed by atoms with van der Waals surface area (Å²) in [6, 6.07) is 6.31. The molecule has 0 radical (unpaired) electrons. The fourth-order valence-electron chi connectivity index (χ4n) is 4.48. The molecule has 2 atom stereocenters. The summed E-state index contributed by atoms with van der Waals surface area (Å²) in [6.45, 7) is 6.39. The summed E-state index contributed by atoms with van der Waals surface area (Å²) in [7, 11) is 0. The van der Waals surface area contributed by atoms with Crippen LogP contribution in [-0.2, 0) is 0 Å². The molecule has 2 aliphatic rings. The monoisotopic (exact) mass is 436 g/mol. The number of nitro groups is 1. The number of nitro benzene ring substituents is 1. The Kier molecular flexibility index (Phi) is 5.80. The van der Waals surface area contributed by atoms with Crippen molar-refractivity contribution in [2.75, 3.05) is 36.5 Å². The van der Waals surface area contributed by atoms with E-state index in [4.69, 9.17) is 5.41 Å². The Balaban J connectivity index is 1.53. The third kappa shape index (κ3) is 4.13. The van der Waals surface area contributed by atoms with Crippen molar-refractivity contribution < 1.29 is 9.72 Å². The largest absolute Gasteiger partial charge is 0.340 e. The minimum atomic E-state index is -0.561. The highest BCUT2D eigenvalue weighted by atomic mass is 16.6. The summed E-state index contributed by atoms with van der Waals surface area (Å²) in [5.41, 5.74) is 4.43. The van der Waals surface area contributed by atoms with Crippen LogP contribution in [0.3, 0.4) is 0 Å². The predicted molar refractivity (Wildman–Crippen MR) is 121 cm³/mol. The number of amides is 1. The summed E-state index contributed by atoms with van der Waals surface area (Å²) >= 11 is 0. The van der Waals surface area contributed by atoms with Crippen molar-refractivity contribution in [1.29, 1.82) is 5.41 Å². The van der Waals surface area contributed by atoms with Crippen LogP contribution >= 0.6 is 0 Å². The maximum atomic E-state index is 13.3. The van der Waals surface area contributed by atoms with Gasteiger partial charge in [-0.3, -0.25) is 20.3 Å². The summed E-state index contributed by atoms with van der Waals surface area (Å²) in [4.78, 5) is 37.3. The number of likely N-dealkylation sites (tertiary alicyclic amines) is 1. The minimum absolute atomic E-state index is 0.0193. The number of nitrogens with one attached hydrogen (secondary N) is 2. The maximum Gasteiger partial charge on any atom is 0.284 e. The number of hydrazone groups is 1. The molecule has 1 amide bonds. The second-order valence-corrected chi connectivity index (χ2v) is 8.10. The van der Waals surface area contributed by atoms with Crippen molar-refractivity contribution in [2.24, 2.45) is 16.9 Å². The number of fused-ring (bicyclic) bond motifs is 1. The lowest BCUT2D eigenvalue weighted by Gasteiger charge is -2.23. The topological polar surface area (TPSA) is 141 Å². The average Bonchev–Trinajstić information content (AvgIpc) is 3.32. The Labute approximate surface area is 184 Å². The highest BCUT2D eigenvalue weighted by Crippen LogP contribution is 2.36. The number of aryl methyl sites for hydroxylation is 2. The predicted octanol–water partition coefficient (Wildman–Crippen LogP) is 2.26. The summed E-state index contributed by atoms with van der Waals surface area (Å²) in [5.74, 6) is 0.814. The lowest BCUT2D eigenvalue weighted by atomic mass is 10.0. The Bertz CT molecular complexity index is 1070. The SMILES string of the molecule is Cc1cc(C)nc(N2CC3CN(C(=O)c4c(N/N=C\C=N)cccc4[N+](=O)[O-])CC3C2)n1. The van der Waals surface area contributed by atoms with Crippen molar-refractivity contribution in [2.45, 2.75) is 13.8 Å². The lowest BCUT2D eigenvalue weighted by molar-refractivity contribution is -0.385. The van der Waals surface area contributed by atoms with Gasteiger partial charge >= 0.3 is 0 Å². The van der Waals surface area contributed by atoms with Gasteiger partial charge in [0.25, 0.3) is 11.6 Å². The van der Waals surface area contributed by atoms with Crippen LogP contribution in [0.2, 0.25) is 0 Å². The molecule has 32 heavy (non-hydrogen) atoms. The molecule has 166 valence electrons. The number of carbonyl (C=O) groups excluding carboxylic acids is 1. The number of aromatic nitrogens is 2. The van der Waals surface area contributed by atoms with Gasteiger partial charge in [-0.1, -0.05) is 6.07 Å². The second kappa shape index (κ2) is 8.69. The lowest BCUT2D eigenvalue weighted by Crippen LogP contribution is -2.34. The van der Waals surface area contributed by atoms with Crippen LogP contribution in [0.4, 0.5) is 17.3 Å². The van der Waals surface area contributed by atoms with Crippen molar-refractivity contribution in [3.63, 3.8) is 0 Å². The highest BCUT2D eigenvalue weighted by Gasteiger charge is 2.43. The van der Waals surface area contributed by atoms with Crippen LogP contribution in [0.5, 0.6) is 0 Å². The van der Waals surface area contributed by atoms with Gasteiger partial charge in [0.05, 0.1) is 16.8 Å². The Morgan fingerprint density at radius 2 is 1.88 bits per heavy atom. The first-order valence-electron chi connectivity index (χ1n) is 10.3. The Morgan fingerprint density at radius 1 is 1.22 bits per heavy atom. The molecule has 2 saturated heterocycles. The highest BCUT2D eigenvalue weighted by molar-refractivity contribution is 6.14. The Morgan fingerprint density at radius 3 is 2.47 bits per heavy atom. The maximum absolute atomic E-state index is 13.3. The fraction of sp³-hybridized carbons (Fsp3) is 0.381. The number of rotatable bonds is 6. The first-order valence-corrected chi connectivity index (χ1v) is 10.3. The molecule has 2 N–H and O–H groups in total. The zero-order valence-electron chi connectivity index (χ0n) is 17.9. The van der Waals surface area contributed by atoms with E-state index in [1.807, 2.05) is 19.9 Å². The van der Waals surface area contributed by atoms with Gasteiger partial charge in [-0.15, -0.1) is 0 Å². The van der Waals surface area contributed by atoms with Crippen LogP contribution in [0.25, 0.3) is 0 Å². The summed E-state index contributed by atoms with van der Waals surface area (Å²) in [6.07, 6.45) is 2.16. The minimum Gasteiger partial charge on any atom is -0.340 e. The van der Waals surface area contributed by atoms with Crippen molar-refractivity contribution >= 4 is 35.7 Å². The molecule has 11 heteroatoms. The Hall–Kier alpha value is -3.89. The van der Waals surface area contributed by atoms with Gasteiger partial charge in [-0.05, 0) is 26.0 Å². The van der Waals surface area contributed by atoms with E-state index in [2.05, 4.69) is 25.4 Å². The van der Waals surface area contributed by atoms with E-state index in [1.165, 1.54) is 18.3 Å². The molecule has 2 unspecified atom stereocenters.